The lowest BCUT2D eigenvalue weighted by molar-refractivity contribution is 0.0915. The molecular weight excluding hydrogens is 416 g/mol. The average molecular weight is 445 g/mol. The fourth-order valence-electron chi connectivity index (χ4n) is 4.39. The van der Waals surface area contributed by atoms with Crippen LogP contribution in [0.2, 0.25) is 0 Å². The lowest BCUT2D eigenvalue weighted by Crippen LogP contribution is -2.32. The van der Waals surface area contributed by atoms with Crippen LogP contribution in [0.3, 0.4) is 0 Å². The number of nitrogens with zero attached hydrogens (tertiary/aromatic N) is 5. The number of nitrogens with one attached hydrogen (secondary N) is 1. The van der Waals surface area contributed by atoms with E-state index in [-0.39, 0.29) is 11.8 Å². The van der Waals surface area contributed by atoms with Crippen molar-refractivity contribution in [2.24, 2.45) is 5.92 Å². The van der Waals surface area contributed by atoms with Crippen LogP contribution in [0.5, 0.6) is 0 Å². The number of carbonyl (C=O) groups excluding carboxylic acids is 1. The number of hydrogen-bond acceptors (Lipinski definition) is 6. The van der Waals surface area contributed by atoms with Crippen molar-refractivity contribution in [1.29, 1.82) is 0 Å². The van der Waals surface area contributed by atoms with E-state index in [4.69, 9.17) is 14.5 Å². The van der Waals surface area contributed by atoms with Crippen LogP contribution in [0.4, 0.5) is 0 Å². The highest BCUT2D eigenvalue weighted by molar-refractivity contribution is 6.04. The van der Waals surface area contributed by atoms with Gasteiger partial charge in [0.1, 0.15) is 17.4 Å². The summed E-state index contributed by atoms with van der Waals surface area (Å²) in [5.41, 5.74) is 3.65. The molecule has 8 nitrogen and oxygen atoms in total. The fourth-order valence-corrected chi connectivity index (χ4v) is 4.39. The van der Waals surface area contributed by atoms with Crippen LogP contribution in [-0.4, -0.2) is 30.6 Å². The Bertz CT molecular complexity index is 1290. The molecule has 0 aliphatic carbocycles. The summed E-state index contributed by atoms with van der Waals surface area (Å²) in [6, 6.07) is 11.0. The molecule has 1 atom stereocenters. The van der Waals surface area contributed by atoms with Gasteiger partial charge in [-0.2, -0.15) is 4.98 Å². The van der Waals surface area contributed by atoms with Crippen LogP contribution in [0.1, 0.15) is 66.9 Å². The highest BCUT2D eigenvalue weighted by Crippen LogP contribution is 2.27. The molecule has 5 rings (SSSR count). The molecule has 1 amide bonds. The monoisotopic (exact) mass is 444 g/mol. The van der Waals surface area contributed by atoms with Gasteiger partial charge in [0.2, 0.25) is 11.7 Å². The maximum absolute atomic E-state index is 13.5. The third-order valence-corrected chi connectivity index (χ3v) is 6.13. The minimum absolute atomic E-state index is 0.0511. The first kappa shape index (κ1) is 21.3. The molecular formula is C25H28N6O2. The van der Waals surface area contributed by atoms with Crippen molar-refractivity contribution in [3.63, 3.8) is 0 Å². The molecule has 3 aromatic heterocycles. The number of carbonyl (C=O) groups is 1. The highest BCUT2D eigenvalue weighted by Gasteiger charge is 2.28. The van der Waals surface area contributed by atoms with E-state index in [1.807, 2.05) is 57.2 Å². The van der Waals surface area contributed by atoms with Crippen molar-refractivity contribution in [3.05, 3.63) is 59.4 Å². The number of fused-ring (bicyclic) bond motifs is 3. The molecule has 0 saturated carbocycles. The number of hydrogen-bond donors (Lipinski definition) is 1. The van der Waals surface area contributed by atoms with Crippen LogP contribution in [-0.2, 0) is 13.0 Å². The van der Waals surface area contributed by atoms with E-state index in [1.54, 1.807) is 0 Å². The van der Waals surface area contributed by atoms with Crippen LogP contribution in [0.15, 0.2) is 40.9 Å². The van der Waals surface area contributed by atoms with E-state index in [0.29, 0.717) is 22.8 Å². The first-order valence-corrected chi connectivity index (χ1v) is 11.6. The van der Waals surface area contributed by atoms with E-state index in [9.17, 15) is 4.79 Å². The number of aromatic nitrogens is 5. The van der Waals surface area contributed by atoms with Crippen LogP contribution >= 0.6 is 0 Å². The summed E-state index contributed by atoms with van der Waals surface area (Å²) < 4.78 is 7.74. The van der Waals surface area contributed by atoms with Crippen LogP contribution < -0.4 is 5.32 Å². The minimum Gasteiger partial charge on any atom is -0.340 e. The molecule has 0 radical (unpaired) electrons. The molecule has 170 valence electrons. The number of rotatable bonds is 5. The molecule has 8 heteroatoms. The van der Waals surface area contributed by atoms with Gasteiger partial charge in [0.25, 0.3) is 5.91 Å². The number of benzene rings is 1. The standard InChI is InChI=1S/C25H28N6O2/c1-15(2)20(25-29-22(30-33-25)17-10-6-4-7-11-17)28-24(32)18-14-16(3)26-23-21(18)27-19-12-8-5-9-13-31(19)23/h4,6-7,10-11,14-15,20H,5,8-9,12-13H2,1-3H3,(H,28,32)/t20-/m1/s1. The molecule has 0 spiro atoms. The van der Waals surface area contributed by atoms with Gasteiger partial charge >= 0.3 is 0 Å². The molecule has 1 aliphatic rings. The maximum Gasteiger partial charge on any atom is 0.254 e. The Hall–Kier alpha value is -3.55. The summed E-state index contributed by atoms with van der Waals surface area (Å²) >= 11 is 0. The Labute approximate surface area is 192 Å². The first-order valence-electron chi connectivity index (χ1n) is 11.6. The second-order valence-corrected chi connectivity index (χ2v) is 8.99. The van der Waals surface area contributed by atoms with Crippen molar-refractivity contribution in [2.75, 3.05) is 0 Å². The molecule has 0 saturated heterocycles. The minimum atomic E-state index is -0.425. The smallest absolute Gasteiger partial charge is 0.254 e. The third-order valence-electron chi connectivity index (χ3n) is 6.13. The van der Waals surface area contributed by atoms with Gasteiger partial charge in [-0.1, -0.05) is 55.8 Å². The molecule has 1 N–H and O–H groups in total. The zero-order valence-electron chi connectivity index (χ0n) is 19.2. The Morgan fingerprint density at radius 3 is 2.70 bits per heavy atom. The molecule has 1 aliphatic heterocycles. The Morgan fingerprint density at radius 1 is 1.09 bits per heavy atom. The molecule has 33 heavy (non-hydrogen) atoms. The topological polar surface area (TPSA) is 98.7 Å². The molecule has 4 heterocycles. The van der Waals surface area contributed by atoms with Crippen molar-refractivity contribution in [2.45, 2.75) is 59.0 Å². The average Bonchev–Trinajstić information content (AvgIpc) is 3.35. The zero-order chi connectivity index (χ0) is 22.9. The molecule has 1 aromatic carbocycles. The van der Waals surface area contributed by atoms with Gasteiger partial charge in [-0.05, 0) is 31.7 Å². The summed E-state index contributed by atoms with van der Waals surface area (Å²) in [5.74, 6) is 1.75. The number of pyridine rings is 1. The van der Waals surface area contributed by atoms with Crippen molar-refractivity contribution in [1.82, 2.24) is 30.0 Å². The number of imidazole rings is 1. The quantitative estimate of drug-likeness (QED) is 0.481. The maximum atomic E-state index is 13.5. The Kier molecular flexibility index (Phi) is 5.66. The predicted molar refractivity (Wildman–Crippen MR) is 125 cm³/mol. The summed E-state index contributed by atoms with van der Waals surface area (Å²) in [6.45, 7) is 6.84. The Morgan fingerprint density at radius 2 is 1.91 bits per heavy atom. The number of aryl methyl sites for hydroxylation is 3. The van der Waals surface area contributed by atoms with Gasteiger partial charge in [-0.25, -0.2) is 9.97 Å². The zero-order valence-corrected chi connectivity index (χ0v) is 19.2. The fraction of sp³-hybridized carbons (Fsp3) is 0.400. The van der Waals surface area contributed by atoms with Gasteiger partial charge in [0.15, 0.2) is 5.65 Å². The first-order chi connectivity index (χ1) is 16.0. The highest BCUT2D eigenvalue weighted by atomic mass is 16.5. The van der Waals surface area contributed by atoms with E-state index >= 15 is 0 Å². The van der Waals surface area contributed by atoms with Gasteiger partial charge < -0.3 is 14.4 Å². The summed E-state index contributed by atoms with van der Waals surface area (Å²) in [6.07, 6.45) is 4.32. The third kappa shape index (κ3) is 4.13. The Balaban J connectivity index is 1.47. The van der Waals surface area contributed by atoms with Gasteiger partial charge in [0.05, 0.1) is 5.56 Å². The van der Waals surface area contributed by atoms with E-state index in [1.165, 1.54) is 6.42 Å². The van der Waals surface area contributed by atoms with Crippen LogP contribution in [0, 0.1) is 12.8 Å². The second-order valence-electron chi connectivity index (χ2n) is 8.99. The largest absolute Gasteiger partial charge is 0.340 e. The lowest BCUT2D eigenvalue weighted by atomic mass is 10.0. The van der Waals surface area contributed by atoms with Gasteiger partial charge in [-0.15, -0.1) is 0 Å². The summed E-state index contributed by atoms with van der Waals surface area (Å²) in [4.78, 5) is 27.6. The molecule has 0 fully saturated rings. The van der Waals surface area contributed by atoms with Crippen molar-refractivity contribution in [3.8, 4) is 11.4 Å². The van der Waals surface area contributed by atoms with E-state index in [0.717, 1.165) is 48.5 Å². The molecule has 4 aromatic rings. The van der Waals surface area contributed by atoms with Crippen molar-refractivity contribution < 1.29 is 9.32 Å². The second kappa shape index (κ2) is 8.77. The molecule has 0 bridgehead atoms. The van der Waals surface area contributed by atoms with E-state index in [2.05, 4.69) is 20.0 Å². The van der Waals surface area contributed by atoms with E-state index < -0.39 is 6.04 Å². The number of amides is 1. The van der Waals surface area contributed by atoms with Gasteiger partial charge in [-0.3, -0.25) is 4.79 Å². The van der Waals surface area contributed by atoms with Gasteiger partial charge in [0, 0.05) is 24.2 Å². The summed E-state index contributed by atoms with van der Waals surface area (Å²) in [7, 11) is 0. The van der Waals surface area contributed by atoms with Crippen molar-refractivity contribution >= 4 is 17.1 Å². The summed E-state index contributed by atoms with van der Waals surface area (Å²) in [5, 5.41) is 7.24. The predicted octanol–water partition coefficient (Wildman–Crippen LogP) is 4.64. The SMILES string of the molecule is Cc1cc(C(=O)N[C@@H](c2nc(-c3ccccc3)no2)C(C)C)c2nc3n(c2n1)CCCCC3. The normalized spacial score (nSPS) is 14.8. The molecule has 0 unspecified atom stereocenters. The van der Waals surface area contributed by atoms with Crippen LogP contribution in [0.25, 0.3) is 22.6 Å². The lowest BCUT2D eigenvalue weighted by Gasteiger charge is -2.18.